The lowest BCUT2D eigenvalue weighted by Gasteiger charge is -1.98. The van der Waals surface area contributed by atoms with Crippen LogP contribution in [0.25, 0.3) is 5.57 Å². The van der Waals surface area contributed by atoms with Gasteiger partial charge < -0.3 is 0 Å². The third-order valence-corrected chi connectivity index (χ3v) is 2.14. The smallest absolute Gasteiger partial charge is 0.259 e. The number of hydrogen-bond donors (Lipinski definition) is 1. The van der Waals surface area contributed by atoms with Crippen molar-refractivity contribution in [2.75, 3.05) is 0 Å². The van der Waals surface area contributed by atoms with Gasteiger partial charge in [0, 0.05) is 18.0 Å². The van der Waals surface area contributed by atoms with E-state index in [1.54, 1.807) is 31.5 Å². The Bertz CT molecular complexity index is 435. The number of amides is 2. The van der Waals surface area contributed by atoms with Gasteiger partial charge in [-0.1, -0.05) is 0 Å². The molecule has 0 fully saturated rings. The van der Waals surface area contributed by atoms with Crippen molar-refractivity contribution >= 4 is 17.4 Å². The van der Waals surface area contributed by atoms with Crippen LogP contribution in [0.2, 0.25) is 0 Å². The second kappa shape index (κ2) is 3.06. The van der Waals surface area contributed by atoms with Crippen molar-refractivity contribution in [1.82, 2.24) is 10.3 Å². The summed E-state index contributed by atoms with van der Waals surface area (Å²) in [7, 11) is 0. The molecule has 4 heteroatoms. The zero-order valence-corrected chi connectivity index (χ0v) is 7.57. The highest BCUT2D eigenvalue weighted by Crippen LogP contribution is 2.22. The molecule has 0 saturated heterocycles. The van der Waals surface area contributed by atoms with E-state index in [1.807, 2.05) is 0 Å². The fraction of sp³-hybridized carbons (Fsp3) is 0.100. The molecule has 0 spiro atoms. The summed E-state index contributed by atoms with van der Waals surface area (Å²) in [6.07, 6.45) is 3.18. The first kappa shape index (κ1) is 8.62. The van der Waals surface area contributed by atoms with Crippen LogP contribution < -0.4 is 5.32 Å². The van der Waals surface area contributed by atoms with Crippen molar-refractivity contribution in [1.29, 1.82) is 0 Å². The second-order valence-corrected chi connectivity index (χ2v) is 3.02. The molecule has 0 radical (unpaired) electrons. The molecule has 4 nitrogen and oxygen atoms in total. The topological polar surface area (TPSA) is 59.1 Å². The quantitative estimate of drug-likeness (QED) is 0.653. The molecule has 1 aliphatic heterocycles. The Kier molecular flexibility index (Phi) is 1.89. The molecule has 70 valence electrons. The van der Waals surface area contributed by atoms with Crippen LogP contribution in [-0.4, -0.2) is 16.8 Å². The van der Waals surface area contributed by atoms with Crippen molar-refractivity contribution < 1.29 is 9.59 Å². The van der Waals surface area contributed by atoms with Crippen LogP contribution in [0.3, 0.4) is 0 Å². The predicted octanol–water partition coefficient (Wildman–Crippen LogP) is 0.511. The zero-order chi connectivity index (χ0) is 10.1. The minimum Gasteiger partial charge on any atom is -0.288 e. The van der Waals surface area contributed by atoms with E-state index in [4.69, 9.17) is 0 Å². The summed E-state index contributed by atoms with van der Waals surface area (Å²) in [6, 6.07) is 3.41. The van der Waals surface area contributed by atoms with Gasteiger partial charge in [-0.05, 0) is 24.6 Å². The largest absolute Gasteiger partial charge is 0.288 e. The number of imide groups is 1. The van der Waals surface area contributed by atoms with E-state index >= 15 is 0 Å². The predicted molar refractivity (Wildman–Crippen MR) is 50.0 cm³/mol. The van der Waals surface area contributed by atoms with Crippen molar-refractivity contribution in [3.63, 3.8) is 0 Å². The minimum atomic E-state index is -0.335. The van der Waals surface area contributed by atoms with E-state index < -0.39 is 0 Å². The normalized spacial score (nSPS) is 16.1. The average molecular weight is 188 g/mol. The molecule has 0 bridgehead atoms. The van der Waals surface area contributed by atoms with Crippen LogP contribution in [0.1, 0.15) is 12.5 Å². The molecule has 2 rings (SSSR count). The molecular formula is C10H8N2O2. The van der Waals surface area contributed by atoms with E-state index in [0.717, 1.165) is 5.56 Å². The Balaban J connectivity index is 2.54. The number of pyridine rings is 1. The van der Waals surface area contributed by atoms with Crippen molar-refractivity contribution in [2.24, 2.45) is 0 Å². The van der Waals surface area contributed by atoms with Gasteiger partial charge in [-0.2, -0.15) is 0 Å². The van der Waals surface area contributed by atoms with E-state index in [9.17, 15) is 9.59 Å². The van der Waals surface area contributed by atoms with Gasteiger partial charge in [0.05, 0.1) is 5.57 Å². The third-order valence-electron chi connectivity index (χ3n) is 2.14. The maximum atomic E-state index is 11.4. The van der Waals surface area contributed by atoms with Gasteiger partial charge in [0.1, 0.15) is 0 Å². The molecular weight excluding hydrogens is 180 g/mol. The van der Waals surface area contributed by atoms with Crippen LogP contribution in [-0.2, 0) is 9.59 Å². The first-order valence-corrected chi connectivity index (χ1v) is 4.17. The van der Waals surface area contributed by atoms with Crippen molar-refractivity contribution in [2.45, 2.75) is 6.92 Å². The Hall–Kier alpha value is -1.97. The molecule has 0 saturated carbocycles. The summed E-state index contributed by atoms with van der Waals surface area (Å²) in [5.74, 6) is -0.652. The van der Waals surface area contributed by atoms with E-state index in [2.05, 4.69) is 10.3 Å². The van der Waals surface area contributed by atoms with E-state index in [1.165, 1.54) is 0 Å². The van der Waals surface area contributed by atoms with Crippen LogP contribution in [0.4, 0.5) is 0 Å². The Labute approximate surface area is 80.7 Å². The number of aromatic nitrogens is 1. The molecule has 1 aromatic heterocycles. The standard InChI is InChI=1S/C10H8N2O2/c1-6-8(10(14)12-9(6)13)7-2-4-11-5-3-7/h2-5H,1H3,(H,12,13,14). The minimum absolute atomic E-state index is 0.318. The summed E-state index contributed by atoms with van der Waals surface area (Å²) in [4.78, 5) is 26.4. The SMILES string of the molecule is CC1=C(c2ccncc2)C(=O)NC1=O. The summed E-state index contributed by atoms with van der Waals surface area (Å²) in [5.41, 5.74) is 1.62. The van der Waals surface area contributed by atoms with Gasteiger partial charge >= 0.3 is 0 Å². The molecule has 2 amide bonds. The number of nitrogens with one attached hydrogen (secondary N) is 1. The monoisotopic (exact) mass is 188 g/mol. The van der Waals surface area contributed by atoms with Crippen LogP contribution >= 0.6 is 0 Å². The van der Waals surface area contributed by atoms with Gasteiger partial charge in [-0.25, -0.2) is 0 Å². The molecule has 0 aromatic carbocycles. The highest BCUT2D eigenvalue weighted by Gasteiger charge is 2.27. The van der Waals surface area contributed by atoms with E-state index in [0.29, 0.717) is 11.1 Å². The molecule has 1 aliphatic rings. The lowest BCUT2D eigenvalue weighted by atomic mass is 10.0. The lowest BCUT2D eigenvalue weighted by molar-refractivity contribution is -0.123. The van der Waals surface area contributed by atoms with E-state index in [-0.39, 0.29) is 11.8 Å². The Morgan fingerprint density at radius 3 is 2.29 bits per heavy atom. The summed E-state index contributed by atoms with van der Waals surface area (Å²) in [5, 5.41) is 2.24. The van der Waals surface area contributed by atoms with Gasteiger partial charge in [0.25, 0.3) is 11.8 Å². The van der Waals surface area contributed by atoms with Gasteiger partial charge in [-0.15, -0.1) is 0 Å². The average Bonchev–Trinajstić information content (AvgIpc) is 2.43. The van der Waals surface area contributed by atoms with Crippen molar-refractivity contribution in [3.8, 4) is 0 Å². The fourth-order valence-corrected chi connectivity index (χ4v) is 1.41. The van der Waals surface area contributed by atoms with Crippen molar-refractivity contribution in [3.05, 3.63) is 35.7 Å². The maximum absolute atomic E-state index is 11.4. The second-order valence-electron chi connectivity index (χ2n) is 3.02. The molecule has 0 unspecified atom stereocenters. The summed E-state index contributed by atoms with van der Waals surface area (Å²) in [6.45, 7) is 1.63. The lowest BCUT2D eigenvalue weighted by Crippen LogP contribution is -2.22. The number of nitrogens with zero attached hydrogens (tertiary/aromatic N) is 1. The summed E-state index contributed by atoms with van der Waals surface area (Å²) >= 11 is 0. The first-order valence-electron chi connectivity index (χ1n) is 4.17. The molecule has 1 aromatic rings. The summed E-state index contributed by atoms with van der Waals surface area (Å²) < 4.78 is 0. The Morgan fingerprint density at radius 2 is 1.79 bits per heavy atom. The number of rotatable bonds is 1. The zero-order valence-electron chi connectivity index (χ0n) is 7.57. The number of carbonyl (C=O) groups excluding carboxylic acids is 2. The molecule has 0 aliphatic carbocycles. The number of hydrogen-bond acceptors (Lipinski definition) is 3. The van der Waals surface area contributed by atoms with Crippen LogP contribution in [0.15, 0.2) is 30.1 Å². The fourth-order valence-electron chi connectivity index (χ4n) is 1.41. The van der Waals surface area contributed by atoms with Gasteiger partial charge in [0.15, 0.2) is 0 Å². The van der Waals surface area contributed by atoms with Crippen LogP contribution in [0, 0.1) is 0 Å². The third kappa shape index (κ3) is 1.21. The van der Waals surface area contributed by atoms with Crippen LogP contribution in [0.5, 0.6) is 0 Å². The van der Waals surface area contributed by atoms with Gasteiger partial charge in [-0.3, -0.25) is 19.9 Å². The highest BCUT2D eigenvalue weighted by atomic mass is 16.2. The molecule has 14 heavy (non-hydrogen) atoms. The highest BCUT2D eigenvalue weighted by molar-refractivity contribution is 6.35. The molecule has 0 atom stereocenters. The molecule has 1 N–H and O–H groups in total. The van der Waals surface area contributed by atoms with Gasteiger partial charge in [0.2, 0.25) is 0 Å². The Morgan fingerprint density at radius 1 is 1.14 bits per heavy atom. The molecule has 2 heterocycles. The first-order chi connectivity index (χ1) is 6.70. The number of carbonyl (C=O) groups is 2. The maximum Gasteiger partial charge on any atom is 0.259 e.